The Morgan fingerprint density at radius 1 is 1.43 bits per heavy atom. The normalized spacial score (nSPS) is 22.1. The molecule has 0 unspecified atom stereocenters. The molecule has 10 heteroatoms. The number of aliphatic hydroxyl groups is 1. The van der Waals surface area contributed by atoms with Crippen LogP contribution in [0.1, 0.15) is 46.2 Å². The molecule has 2 amide bonds. The summed E-state index contributed by atoms with van der Waals surface area (Å²) in [6.45, 7) is 8.90. The van der Waals surface area contributed by atoms with E-state index in [0.717, 1.165) is 5.69 Å². The average Bonchev–Trinajstić information content (AvgIpc) is 3.14. The molecule has 1 aliphatic rings. The lowest BCUT2D eigenvalue weighted by Crippen LogP contribution is -2.48. The number of carbonyl (C=O) groups excluding carboxylic acids is 2. The Labute approximate surface area is 178 Å². The van der Waals surface area contributed by atoms with E-state index < -0.39 is 6.09 Å². The number of rotatable bonds is 5. The van der Waals surface area contributed by atoms with Gasteiger partial charge in [0.25, 0.3) is 0 Å². The number of carbonyl (C=O) groups is 2. The van der Waals surface area contributed by atoms with Crippen LogP contribution in [0.3, 0.4) is 0 Å². The molecule has 1 aromatic rings. The second kappa shape index (κ2) is 11.3. The lowest BCUT2D eigenvalue weighted by molar-refractivity contribution is -0.136. The molecule has 3 atom stereocenters. The van der Waals surface area contributed by atoms with Crippen LogP contribution in [0.15, 0.2) is 6.20 Å². The number of aryl methyl sites for hydroxylation is 1. The van der Waals surface area contributed by atoms with E-state index in [4.69, 9.17) is 9.47 Å². The van der Waals surface area contributed by atoms with Gasteiger partial charge in [-0.05, 0) is 27.2 Å². The van der Waals surface area contributed by atoms with E-state index >= 15 is 0 Å². The molecule has 1 aromatic heterocycles. The highest BCUT2D eigenvalue weighted by atomic mass is 16.6. The smallest absolute Gasteiger partial charge is 0.409 e. The van der Waals surface area contributed by atoms with E-state index in [9.17, 15) is 14.7 Å². The van der Waals surface area contributed by atoms with Crippen molar-refractivity contribution in [1.29, 1.82) is 0 Å². The number of aliphatic hydroxyl groups excluding tert-OH is 1. The highest BCUT2D eigenvalue weighted by Gasteiger charge is 2.29. The standard InChI is InChI=1S/C20H35N5O5/c1-14(2)30-20(28)23(5)11-18-15(3)10-24(16(4)12-26)19(27)7-6-8-25-17(13-29-18)9-21-22-25/h9,14-16,18,26H,6-8,10-13H2,1-5H3/t15-,16+,18-/m0/s1. The molecule has 0 aliphatic carbocycles. The number of ether oxygens (including phenoxy) is 2. The van der Waals surface area contributed by atoms with Gasteiger partial charge in [0.2, 0.25) is 5.91 Å². The van der Waals surface area contributed by atoms with Gasteiger partial charge in [-0.25, -0.2) is 9.48 Å². The number of aromatic nitrogens is 3. The van der Waals surface area contributed by atoms with E-state index in [1.54, 1.807) is 36.7 Å². The molecule has 0 aromatic carbocycles. The van der Waals surface area contributed by atoms with Gasteiger partial charge in [-0.15, -0.1) is 5.10 Å². The number of nitrogens with zero attached hydrogens (tertiary/aromatic N) is 5. The van der Waals surface area contributed by atoms with Crippen molar-refractivity contribution in [1.82, 2.24) is 24.8 Å². The molecule has 0 spiro atoms. The topological polar surface area (TPSA) is 110 Å². The number of likely N-dealkylation sites (N-methyl/N-ethyl adjacent to an activating group) is 1. The molecule has 0 fully saturated rings. The molecule has 0 radical (unpaired) electrons. The third kappa shape index (κ3) is 6.66. The molecule has 1 N–H and O–H groups in total. The third-order valence-electron chi connectivity index (χ3n) is 5.24. The maximum Gasteiger partial charge on any atom is 0.409 e. The van der Waals surface area contributed by atoms with Crippen LogP contribution in [0.25, 0.3) is 0 Å². The number of hydrogen-bond donors (Lipinski definition) is 1. The molecule has 10 nitrogen and oxygen atoms in total. The summed E-state index contributed by atoms with van der Waals surface area (Å²) < 4.78 is 13.2. The van der Waals surface area contributed by atoms with Gasteiger partial charge in [0, 0.05) is 32.5 Å². The largest absolute Gasteiger partial charge is 0.447 e. The first-order valence-electron chi connectivity index (χ1n) is 10.5. The van der Waals surface area contributed by atoms with E-state index in [-0.39, 0.29) is 36.7 Å². The number of fused-ring (bicyclic) bond motifs is 1. The fourth-order valence-electron chi connectivity index (χ4n) is 3.38. The molecule has 2 rings (SSSR count). The minimum Gasteiger partial charge on any atom is -0.447 e. The summed E-state index contributed by atoms with van der Waals surface area (Å²) in [6, 6.07) is -0.297. The summed E-state index contributed by atoms with van der Waals surface area (Å²) in [5.41, 5.74) is 0.827. The number of hydrogen-bond acceptors (Lipinski definition) is 7. The van der Waals surface area contributed by atoms with Crippen LogP contribution in [-0.4, -0.2) is 86.9 Å². The van der Waals surface area contributed by atoms with Gasteiger partial charge in [-0.1, -0.05) is 12.1 Å². The Hall–Kier alpha value is -2.20. The summed E-state index contributed by atoms with van der Waals surface area (Å²) >= 11 is 0. The zero-order valence-electron chi connectivity index (χ0n) is 18.7. The first-order chi connectivity index (χ1) is 14.2. The highest BCUT2D eigenvalue weighted by Crippen LogP contribution is 2.18. The summed E-state index contributed by atoms with van der Waals surface area (Å²) in [5, 5.41) is 17.7. The van der Waals surface area contributed by atoms with Crippen LogP contribution < -0.4 is 0 Å². The lowest BCUT2D eigenvalue weighted by atomic mass is 10.0. The SMILES string of the molecule is CC(C)OC(=O)N(C)C[C@@H]1OCc2cnnn2CCCC(=O)N([C@H](C)CO)C[C@@H]1C. The molecule has 30 heavy (non-hydrogen) atoms. The Morgan fingerprint density at radius 2 is 2.17 bits per heavy atom. The maximum atomic E-state index is 12.8. The predicted molar refractivity (Wildman–Crippen MR) is 110 cm³/mol. The predicted octanol–water partition coefficient (Wildman–Crippen LogP) is 1.28. The van der Waals surface area contributed by atoms with Gasteiger partial charge >= 0.3 is 6.09 Å². The van der Waals surface area contributed by atoms with Crippen LogP contribution in [0.2, 0.25) is 0 Å². The van der Waals surface area contributed by atoms with Crippen LogP contribution in [0.5, 0.6) is 0 Å². The molecular formula is C20H35N5O5. The fourth-order valence-corrected chi connectivity index (χ4v) is 3.38. The van der Waals surface area contributed by atoms with Crippen molar-refractivity contribution in [2.24, 2.45) is 5.92 Å². The van der Waals surface area contributed by atoms with Gasteiger partial charge < -0.3 is 24.4 Å². The second-order valence-corrected chi connectivity index (χ2v) is 8.27. The van der Waals surface area contributed by atoms with E-state index in [1.807, 2.05) is 13.8 Å². The Kier molecular flexibility index (Phi) is 9.04. The molecule has 2 heterocycles. The molecule has 0 bridgehead atoms. The van der Waals surface area contributed by atoms with Crippen molar-refractivity contribution in [3.8, 4) is 0 Å². The van der Waals surface area contributed by atoms with Crippen LogP contribution in [0.4, 0.5) is 4.79 Å². The van der Waals surface area contributed by atoms with Gasteiger partial charge in [-0.2, -0.15) is 0 Å². The first-order valence-corrected chi connectivity index (χ1v) is 10.5. The van der Waals surface area contributed by atoms with Crippen molar-refractivity contribution >= 4 is 12.0 Å². The molecule has 0 saturated heterocycles. The van der Waals surface area contributed by atoms with Crippen molar-refractivity contribution in [2.75, 3.05) is 26.7 Å². The van der Waals surface area contributed by atoms with Crippen LogP contribution >= 0.6 is 0 Å². The van der Waals surface area contributed by atoms with Gasteiger partial charge in [0.1, 0.15) is 0 Å². The minimum atomic E-state index is -0.421. The zero-order valence-corrected chi connectivity index (χ0v) is 18.7. The molecule has 1 aliphatic heterocycles. The van der Waals surface area contributed by atoms with Crippen LogP contribution in [-0.2, 0) is 27.4 Å². The minimum absolute atomic E-state index is 0.0167. The van der Waals surface area contributed by atoms with E-state index in [1.165, 1.54) is 4.90 Å². The Bertz CT molecular complexity index is 695. The lowest BCUT2D eigenvalue weighted by Gasteiger charge is -2.35. The van der Waals surface area contributed by atoms with Gasteiger partial charge in [0.05, 0.1) is 49.9 Å². The van der Waals surface area contributed by atoms with Crippen molar-refractivity contribution < 1.29 is 24.2 Å². The summed E-state index contributed by atoms with van der Waals surface area (Å²) in [4.78, 5) is 28.3. The second-order valence-electron chi connectivity index (χ2n) is 8.27. The first kappa shape index (κ1) is 24.1. The zero-order chi connectivity index (χ0) is 22.3. The molecule has 0 saturated carbocycles. The highest BCUT2D eigenvalue weighted by molar-refractivity contribution is 5.76. The van der Waals surface area contributed by atoms with Crippen molar-refractivity contribution in [3.63, 3.8) is 0 Å². The monoisotopic (exact) mass is 425 g/mol. The van der Waals surface area contributed by atoms with Crippen molar-refractivity contribution in [3.05, 3.63) is 11.9 Å². The summed E-state index contributed by atoms with van der Waals surface area (Å²) in [6.07, 6.45) is 1.67. The van der Waals surface area contributed by atoms with Gasteiger partial charge in [-0.3, -0.25) is 4.79 Å². The van der Waals surface area contributed by atoms with E-state index in [0.29, 0.717) is 39.1 Å². The Balaban J connectivity index is 2.22. The maximum absolute atomic E-state index is 12.8. The number of amides is 2. The fraction of sp³-hybridized carbons (Fsp3) is 0.800. The third-order valence-corrected chi connectivity index (χ3v) is 5.24. The van der Waals surface area contributed by atoms with Crippen molar-refractivity contribution in [2.45, 2.75) is 71.9 Å². The molecular weight excluding hydrogens is 390 g/mol. The van der Waals surface area contributed by atoms with Gasteiger partial charge in [0.15, 0.2) is 0 Å². The van der Waals surface area contributed by atoms with Crippen LogP contribution in [0, 0.1) is 5.92 Å². The quantitative estimate of drug-likeness (QED) is 0.757. The average molecular weight is 426 g/mol. The molecule has 170 valence electrons. The Morgan fingerprint density at radius 3 is 2.83 bits per heavy atom. The summed E-state index contributed by atoms with van der Waals surface area (Å²) in [7, 11) is 1.67. The summed E-state index contributed by atoms with van der Waals surface area (Å²) in [5.74, 6) is -0.0991. The van der Waals surface area contributed by atoms with E-state index in [2.05, 4.69) is 10.3 Å².